The third-order valence-electron chi connectivity index (χ3n) is 14.5. The van der Waals surface area contributed by atoms with E-state index < -0.39 is 30.0 Å². The number of halogens is 1. The number of benzene rings is 7. The van der Waals surface area contributed by atoms with E-state index in [2.05, 4.69) is 22.4 Å². The summed E-state index contributed by atoms with van der Waals surface area (Å²) in [5.41, 5.74) is 5.73. The molecule has 13 nitrogen and oxygen atoms in total. The molecule has 1 aliphatic rings. The summed E-state index contributed by atoms with van der Waals surface area (Å²) in [6, 6.07) is 57.0. The average molecular weight is 1120 g/mol. The first kappa shape index (κ1) is 54.5. The minimum absolute atomic E-state index is 0.0153. The second kappa shape index (κ2) is 24.9. The number of unbranched alkanes of at least 4 members (excludes halogenated alkanes) is 2. The molecule has 10 aromatic rings. The van der Waals surface area contributed by atoms with Gasteiger partial charge in [0.1, 0.15) is 41.5 Å². The summed E-state index contributed by atoms with van der Waals surface area (Å²) in [7, 11) is 4.94. The van der Waals surface area contributed by atoms with Crippen molar-refractivity contribution in [2.45, 2.75) is 65.7 Å². The first-order valence-electron chi connectivity index (χ1n) is 26.5. The van der Waals surface area contributed by atoms with E-state index in [1.807, 2.05) is 180 Å². The number of aliphatic hydroxyl groups excluding tert-OH is 1. The monoisotopic (exact) mass is 1120 g/mol. The van der Waals surface area contributed by atoms with Gasteiger partial charge in [0.25, 0.3) is 0 Å². The van der Waals surface area contributed by atoms with Crippen LogP contribution in [0.1, 0.15) is 65.6 Å². The molecule has 1 unspecified atom stereocenters. The van der Waals surface area contributed by atoms with Gasteiger partial charge in [-0.05, 0) is 94.9 Å². The van der Waals surface area contributed by atoms with Gasteiger partial charge in [-0.25, -0.2) is 19.9 Å². The maximum atomic E-state index is 14.6. The van der Waals surface area contributed by atoms with Crippen LogP contribution >= 0.6 is 35.1 Å². The number of hydrogen-bond acceptors (Lipinski definition) is 13. The van der Waals surface area contributed by atoms with Crippen LogP contribution in [0, 0.1) is 0 Å². The summed E-state index contributed by atoms with van der Waals surface area (Å²) in [5, 5.41) is 18.6. The van der Waals surface area contributed by atoms with Crippen molar-refractivity contribution in [3.8, 4) is 17.2 Å². The molecule has 0 aliphatic carbocycles. The molecule has 1 amide bonds. The molecule has 11 rings (SSSR count). The van der Waals surface area contributed by atoms with Gasteiger partial charge in [-0.15, -0.1) is 11.8 Å². The molecule has 1 aliphatic heterocycles. The zero-order valence-corrected chi connectivity index (χ0v) is 46.8. The van der Waals surface area contributed by atoms with Gasteiger partial charge in [0.15, 0.2) is 22.1 Å². The Morgan fingerprint density at radius 3 is 1.88 bits per heavy atom. The zero-order valence-electron chi connectivity index (χ0n) is 44.4. The van der Waals surface area contributed by atoms with Crippen LogP contribution in [-0.2, 0) is 19.9 Å². The highest BCUT2D eigenvalue weighted by Gasteiger charge is 2.43. The fraction of sp³-hybridized carbons (Fsp3) is 0.234. The van der Waals surface area contributed by atoms with E-state index in [-0.39, 0.29) is 24.8 Å². The van der Waals surface area contributed by atoms with Crippen molar-refractivity contribution in [2.75, 3.05) is 44.8 Å². The molecule has 7 aromatic carbocycles. The molecule has 0 spiro atoms. The van der Waals surface area contributed by atoms with Gasteiger partial charge in [0.05, 0.1) is 51.0 Å². The maximum Gasteiger partial charge on any atom is 0.237 e. The molecule has 1 saturated heterocycles. The van der Waals surface area contributed by atoms with E-state index in [4.69, 9.17) is 50.2 Å². The lowest BCUT2D eigenvalue weighted by Crippen LogP contribution is -2.38. The summed E-state index contributed by atoms with van der Waals surface area (Å²) in [6.07, 6.45) is 2.10. The van der Waals surface area contributed by atoms with Crippen LogP contribution in [0.2, 0.25) is 5.02 Å². The highest BCUT2D eigenvalue weighted by Crippen LogP contribution is 2.44. The first-order chi connectivity index (χ1) is 39.2. The largest absolute Gasteiger partial charge is 0.497 e. The minimum Gasteiger partial charge on any atom is -0.497 e. The molecule has 3 aromatic heterocycles. The third-order valence-corrected chi connectivity index (χ3v) is 17.0. The Labute approximate surface area is 478 Å². The lowest BCUT2D eigenvalue weighted by Gasteiger charge is -2.37. The predicted octanol–water partition coefficient (Wildman–Crippen LogP) is 13.7. The second-order valence-electron chi connectivity index (χ2n) is 19.4. The molecule has 0 radical (unpaired) electrons. The van der Waals surface area contributed by atoms with E-state index >= 15 is 0 Å². The molecule has 1 fully saturated rings. The quantitative estimate of drug-likeness (QED) is 0.0287. The number of thioether (sulfide) groups is 2. The fourth-order valence-electron chi connectivity index (χ4n) is 10.5. The van der Waals surface area contributed by atoms with E-state index in [9.17, 15) is 9.90 Å². The molecular formula is C64H59ClN6O7S2. The summed E-state index contributed by atoms with van der Waals surface area (Å²) in [5.74, 6) is 3.19. The van der Waals surface area contributed by atoms with E-state index in [1.165, 1.54) is 11.2 Å². The Hall–Kier alpha value is -7.50. The van der Waals surface area contributed by atoms with E-state index in [1.54, 1.807) is 33.1 Å². The number of aromatic nitrogens is 5. The fourth-order valence-corrected chi connectivity index (χ4v) is 12.9. The lowest BCUT2D eigenvalue weighted by atomic mass is 9.80. The number of fused-ring (bicyclic) bond motifs is 3. The summed E-state index contributed by atoms with van der Waals surface area (Å²) in [6.45, 7) is 0.0153. The topological polar surface area (TPSA) is 152 Å². The van der Waals surface area contributed by atoms with Crippen LogP contribution in [0.3, 0.4) is 0 Å². The van der Waals surface area contributed by atoms with Gasteiger partial charge in [0, 0.05) is 38.9 Å². The number of carbonyl (C=O) groups is 1. The van der Waals surface area contributed by atoms with Crippen molar-refractivity contribution in [1.29, 1.82) is 0 Å². The van der Waals surface area contributed by atoms with Crippen LogP contribution in [0.4, 0.5) is 5.82 Å². The standard InChI is InChI=1S/C64H59ClN6O7S2/c1-74-47-27-22-44(23-28-47)64(43-20-12-6-13-21-43,45-24-29-48(75-2)30-25-45)77-39-55-54(72)38-56(78-55)71-61-58(60(66-40-67-61)70-62(73)57(41-16-8-4-9-17-41)42-18-10-5-11-19-42)69-63(71)80-35-15-7-14-34-79-59-50-32-26-46(65)36-52(50)68-53-37-49(76-3)31-33-51(53)59/h4-6,8-13,16-33,36-37,40,54-57,72H,7,14-15,34-35,38-39H2,1-3H3,(H,66,67,70,73)/t54-,55+,56?/m0/s1. The number of anilines is 1. The number of imidazole rings is 1. The molecule has 0 saturated carbocycles. The Morgan fingerprint density at radius 2 is 1.25 bits per heavy atom. The number of carbonyl (C=O) groups excluding carboxylic acids is 1. The average Bonchev–Trinajstić information content (AvgIpc) is 4.12. The van der Waals surface area contributed by atoms with Crippen molar-refractivity contribution < 1.29 is 33.6 Å². The number of pyridine rings is 1. The van der Waals surface area contributed by atoms with E-state index in [0.29, 0.717) is 32.8 Å². The van der Waals surface area contributed by atoms with Crippen LogP contribution in [0.25, 0.3) is 33.0 Å². The molecule has 406 valence electrons. The third kappa shape index (κ3) is 11.4. The van der Waals surface area contributed by atoms with Gasteiger partial charge < -0.3 is 34.1 Å². The number of nitrogens with zero attached hydrogens (tertiary/aromatic N) is 5. The molecule has 80 heavy (non-hydrogen) atoms. The summed E-state index contributed by atoms with van der Waals surface area (Å²) in [4.78, 5) is 35.3. The highest BCUT2D eigenvalue weighted by molar-refractivity contribution is 7.99. The summed E-state index contributed by atoms with van der Waals surface area (Å²) < 4.78 is 32.8. The number of ether oxygens (including phenoxy) is 5. The molecule has 2 N–H and O–H groups in total. The molecule has 4 heterocycles. The molecule has 16 heteroatoms. The van der Waals surface area contributed by atoms with Crippen molar-refractivity contribution in [3.63, 3.8) is 0 Å². The van der Waals surface area contributed by atoms with Gasteiger partial charge in [-0.2, -0.15) is 0 Å². The van der Waals surface area contributed by atoms with Crippen LogP contribution in [-0.4, -0.2) is 87.2 Å². The molecule has 3 atom stereocenters. The second-order valence-corrected chi connectivity index (χ2v) is 22.0. The van der Waals surface area contributed by atoms with Crippen LogP contribution in [0.5, 0.6) is 17.2 Å². The number of methoxy groups -OCH3 is 3. The zero-order chi connectivity index (χ0) is 55.0. The van der Waals surface area contributed by atoms with Crippen molar-refractivity contribution in [3.05, 3.63) is 215 Å². The van der Waals surface area contributed by atoms with Gasteiger partial charge in [-0.1, -0.05) is 151 Å². The SMILES string of the molecule is COc1ccc(C(OC[C@H]2OC(n3c(SCCCCCSc4c5ccc(Cl)cc5nc5cc(OC)ccc45)nc4c(NC(=O)C(c5ccccc5)c5ccccc5)ncnc43)C[C@@H]2O)(c2ccccc2)c2ccc(OC)cc2)cc1. The Balaban J connectivity index is 0.869. The number of amides is 1. The van der Waals surface area contributed by atoms with Gasteiger partial charge >= 0.3 is 0 Å². The molecule has 0 bridgehead atoms. The number of nitrogens with one attached hydrogen (secondary N) is 1. The van der Waals surface area contributed by atoms with Gasteiger partial charge in [0.2, 0.25) is 5.91 Å². The van der Waals surface area contributed by atoms with E-state index in [0.717, 1.165) is 86.1 Å². The van der Waals surface area contributed by atoms with Crippen LogP contribution in [0.15, 0.2) is 192 Å². The van der Waals surface area contributed by atoms with Crippen molar-refractivity contribution >= 4 is 79.8 Å². The smallest absolute Gasteiger partial charge is 0.237 e. The highest BCUT2D eigenvalue weighted by atomic mass is 35.5. The Morgan fingerprint density at radius 1 is 0.688 bits per heavy atom. The Kier molecular flexibility index (Phi) is 16.9. The predicted molar refractivity (Wildman–Crippen MR) is 318 cm³/mol. The van der Waals surface area contributed by atoms with Crippen molar-refractivity contribution in [1.82, 2.24) is 24.5 Å². The summed E-state index contributed by atoms with van der Waals surface area (Å²) >= 11 is 9.85. The van der Waals surface area contributed by atoms with Crippen molar-refractivity contribution in [2.24, 2.45) is 0 Å². The lowest BCUT2D eigenvalue weighted by molar-refractivity contribution is -0.116. The normalized spacial score (nSPS) is 15.4. The minimum atomic E-state index is -1.14. The maximum absolute atomic E-state index is 14.6. The number of rotatable bonds is 22. The van der Waals surface area contributed by atoms with Crippen LogP contribution < -0.4 is 19.5 Å². The number of aliphatic hydroxyl groups is 1. The van der Waals surface area contributed by atoms with Gasteiger partial charge in [-0.3, -0.25) is 9.36 Å². The number of hydrogen-bond donors (Lipinski definition) is 2. The first-order valence-corrected chi connectivity index (χ1v) is 28.9. The Bertz CT molecular complexity index is 3640. The molecular weight excluding hydrogens is 1060 g/mol.